The summed E-state index contributed by atoms with van der Waals surface area (Å²) < 4.78 is 22.5. The Kier molecular flexibility index (Phi) is 5.36. The molecule has 26 heavy (non-hydrogen) atoms. The fraction of sp³-hybridized carbons (Fsp3) is 0.235. The van der Waals surface area contributed by atoms with Crippen molar-refractivity contribution in [1.82, 2.24) is 4.90 Å². The van der Waals surface area contributed by atoms with E-state index in [9.17, 15) is 13.2 Å². The number of nitrogens with zero attached hydrogens (tertiary/aromatic N) is 2. The fourth-order valence-corrected chi connectivity index (χ4v) is 3.39. The van der Waals surface area contributed by atoms with Gasteiger partial charge in [-0.25, -0.2) is 18.4 Å². The molecule has 1 saturated heterocycles. The first-order valence-corrected chi connectivity index (χ1v) is 9.95. The molecular weight excluding hydrogens is 376 g/mol. The number of anilines is 2. The molecule has 3 N–H and O–H groups in total. The number of nitrogens with one attached hydrogen (secondary N) is 1. The maximum atomic E-state index is 12.4. The van der Waals surface area contributed by atoms with E-state index in [0.29, 0.717) is 23.8 Å². The number of nitrogens with two attached hydrogens (primary N) is 1. The van der Waals surface area contributed by atoms with Crippen LogP contribution in [-0.2, 0) is 10.0 Å². The molecule has 138 valence electrons. The molecule has 0 saturated carbocycles. The van der Waals surface area contributed by atoms with Gasteiger partial charge in [0.2, 0.25) is 10.0 Å². The molecule has 2 aromatic carbocycles. The lowest BCUT2D eigenvalue weighted by atomic mass is 10.2. The van der Waals surface area contributed by atoms with Gasteiger partial charge in [0.05, 0.1) is 4.90 Å². The fourth-order valence-electron chi connectivity index (χ4n) is 2.75. The molecule has 9 heteroatoms. The number of primary sulfonamides is 1. The van der Waals surface area contributed by atoms with Crippen LogP contribution in [0.25, 0.3) is 0 Å². The van der Waals surface area contributed by atoms with Crippen molar-refractivity contribution in [2.24, 2.45) is 5.14 Å². The number of carbonyl (C=O) groups is 1. The van der Waals surface area contributed by atoms with Crippen LogP contribution in [0.1, 0.15) is 0 Å². The van der Waals surface area contributed by atoms with Crippen LogP contribution in [0.2, 0.25) is 5.02 Å². The van der Waals surface area contributed by atoms with E-state index >= 15 is 0 Å². The minimum absolute atomic E-state index is 0.00655. The molecule has 3 rings (SSSR count). The predicted molar refractivity (Wildman–Crippen MR) is 102 cm³/mol. The third-order valence-corrected chi connectivity index (χ3v) is 5.37. The zero-order chi connectivity index (χ0) is 18.7. The van der Waals surface area contributed by atoms with Gasteiger partial charge in [0, 0.05) is 42.6 Å². The van der Waals surface area contributed by atoms with Crippen molar-refractivity contribution < 1.29 is 13.2 Å². The van der Waals surface area contributed by atoms with Crippen molar-refractivity contribution in [1.29, 1.82) is 0 Å². The number of sulfonamides is 1. The molecule has 1 heterocycles. The number of halogens is 1. The summed E-state index contributed by atoms with van der Waals surface area (Å²) in [6.07, 6.45) is 0. The molecule has 1 fully saturated rings. The molecule has 0 aliphatic carbocycles. The van der Waals surface area contributed by atoms with E-state index in [1.165, 1.54) is 24.3 Å². The van der Waals surface area contributed by atoms with Crippen LogP contribution in [0.3, 0.4) is 0 Å². The molecule has 7 nitrogen and oxygen atoms in total. The van der Waals surface area contributed by atoms with E-state index in [-0.39, 0.29) is 10.9 Å². The summed E-state index contributed by atoms with van der Waals surface area (Å²) in [6.45, 7) is 2.62. The molecule has 0 radical (unpaired) electrons. The Morgan fingerprint density at radius 1 is 0.962 bits per heavy atom. The van der Waals surface area contributed by atoms with Gasteiger partial charge in [-0.2, -0.15) is 0 Å². The van der Waals surface area contributed by atoms with Gasteiger partial charge < -0.3 is 15.1 Å². The van der Waals surface area contributed by atoms with Gasteiger partial charge in [-0.05, 0) is 48.5 Å². The second-order valence-corrected chi connectivity index (χ2v) is 7.95. The molecule has 1 aliphatic rings. The van der Waals surface area contributed by atoms with Gasteiger partial charge in [0.15, 0.2) is 0 Å². The largest absolute Gasteiger partial charge is 0.368 e. The number of hydrogen-bond donors (Lipinski definition) is 2. The molecule has 2 aromatic rings. The predicted octanol–water partition coefficient (Wildman–Crippen LogP) is 2.34. The highest BCUT2D eigenvalue weighted by Crippen LogP contribution is 2.20. The summed E-state index contributed by atoms with van der Waals surface area (Å²) in [5.74, 6) is 0. The summed E-state index contributed by atoms with van der Waals surface area (Å²) in [6, 6.07) is 13.2. The number of amides is 2. The zero-order valence-electron chi connectivity index (χ0n) is 13.9. The van der Waals surface area contributed by atoms with Gasteiger partial charge in [-0.1, -0.05) is 11.6 Å². The highest BCUT2D eigenvalue weighted by molar-refractivity contribution is 7.89. The van der Waals surface area contributed by atoms with E-state index < -0.39 is 10.0 Å². The summed E-state index contributed by atoms with van der Waals surface area (Å²) in [7, 11) is -3.74. The highest BCUT2D eigenvalue weighted by atomic mass is 35.5. The number of piperazine rings is 1. The Morgan fingerprint density at radius 2 is 1.54 bits per heavy atom. The van der Waals surface area contributed by atoms with E-state index in [4.69, 9.17) is 16.7 Å². The summed E-state index contributed by atoms with van der Waals surface area (Å²) >= 11 is 5.91. The van der Waals surface area contributed by atoms with Crippen molar-refractivity contribution in [2.75, 3.05) is 36.4 Å². The lowest BCUT2D eigenvalue weighted by Gasteiger charge is -2.36. The zero-order valence-corrected chi connectivity index (χ0v) is 15.5. The van der Waals surface area contributed by atoms with Crippen molar-refractivity contribution in [2.45, 2.75) is 4.90 Å². The first-order chi connectivity index (χ1) is 12.3. The first-order valence-electron chi connectivity index (χ1n) is 8.02. The Bertz CT molecular complexity index is 877. The lowest BCUT2D eigenvalue weighted by molar-refractivity contribution is 0.208. The molecule has 0 unspecified atom stereocenters. The topological polar surface area (TPSA) is 95.7 Å². The van der Waals surface area contributed by atoms with Gasteiger partial charge in [-0.3, -0.25) is 0 Å². The highest BCUT2D eigenvalue weighted by Gasteiger charge is 2.21. The molecule has 0 bridgehead atoms. The summed E-state index contributed by atoms with van der Waals surface area (Å²) in [5.41, 5.74) is 1.59. The van der Waals surface area contributed by atoms with Crippen LogP contribution in [0, 0.1) is 0 Å². The SMILES string of the molecule is NS(=O)(=O)c1ccc(NC(=O)N2CCN(c3ccc(Cl)cc3)CC2)cc1. The molecule has 2 amide bonds. The average Bonchev–Trinajstić information content (AvgIpc) is 2.62. The smallest absolute Gasteiger partial charge is 0.321 e. The first kappa shape index (κ1) is 18.5. The standard InChI is InChI=1S/C17H19ClN4O3S/c18-13-1-5-15(6-2-13)21-9-11-22(12-10-21)17(23)20-14-3-7-16(8-4-14)26(19,24)25/h1-8H,9-12H2,(H,20,23)(H2,19,24,25). The van der Waals surface area contributed by atoms with Crippen LogP contribution in [0.5, 0.6) is 0 Å². The van der Waals surface area contributed by atoms with Crippen LogP contribution in [-0.4, -0.2) is 45.5 Å². The van der Waals surface area contributed by atoms with Crippen LogP contribution in [0.4, 0.5) is 16.2 Å². The second-order valence-electron chi connectivity index (χ2n) is 5.95. The van der Waals surface area contributed by atoms with Crippen molar-refractivity contribution in [3.05, 3.63) is 53.6 Å². The second kappa shape index (κ2) is 7.53. The van der Waals surface area contributed by atoms with Crippen LogP contribution < -0.4 is 15.4 Å². The number of carbonyl (C=O) groups excluding carboxylic acids is 1. The van der Waals surface area contributed by atoms with Gasteiger partial charge >= 0.3 is 6.03 Å². The summed E-state index contributed by atoms with van der Waals surface area (Å²) in [4.78, 5) is 16.3. The van der Waals surface area contributed by atoms with Gasteiger partial charge in [0.1, 0.15) is 0 Å². The number of urea groups is 1. The molecule has 0 aromatic heterocycles. The molecule has 0 spiro atoms. The van der Waals surface area contributed by atoms with Gasteiger partial charge in [0.25, 0.3) is 0 Å². The Hall–Kier alpha value is -2.29. The summed E-state index contributed by atoms with van der Waals surface area (Å²) in [5, 5.41) is 8.52. The Labute approximate surface area is 157 Å². The van der Waals surface area contributed by atoms with Crippen molar-refractivity contribution in [3.8, 4) is 0 Å². The van der Waals surface area contributed by atoms with E-state index in [1.807, 2.05) is 24.3 Å². The third-order valence-electron chi connectivity index (χ3n) is 4.19. The minimum atomic E-state index is -3.74. The van der Waals surface area contributed by atoms with Gasteiger partial charge in [-0.15, -0.1) is 0 Å². The lowest BCUT2D eigenvalue weighted by Crippen LogP contribution is -2.50. The maximum Gasteiger partial charge on any atom is 0.321 e. The number of rotatable bonds is 3. The Morgan fingerprint density at radius 3 is 2.08 bits per heavy atom. The van der Waals surface area contributed by atoms with E-state index in [1.54, 1.807) is 4.90 Å². The average molecular weight is 395 g/mol. The molecule has 0 atom stereocenters. The number of benzene rings is 2. The Balaban J connectivity index is 1.56. The van der Waals surface area contributed by atoms with E-state index in [2.05, 4.69) is 10.2 Å². The van der Waals surface area contributed by atoms with E-state index in [0.717, 1.165) is 18.8 Å². The molecular formula is C17H19ClN4O3S. The minimum Gasteiger partial charge on any atom is -0.368 e. The quantitative estimate of drug-likeness (QED) is 0.835. The normalized spacial score (nSPS) is 15.0. The van der Waals surface area contributed by atoms with Crippen LogP contribution >= 0.6 is 11.6 Å². The monoisotopic (exact) mass is 394 g/mol. The van der Waals surface area contributed by atoms with Crippen LogP contribution in [0.15, 0.2) is 53.4 Å². The molecule has 1 aliphatic heterocycles. The maximum absolute atomic E-state index is 12.4. The third kappa shape index (κ3) is 4.46. The van der Waals surface area contributed by atoms with Crippen molar-refractivity contribution >= 4 is 39.0 Å². The number of hydrogen-bond acceptors (Lipinski definition) is 4. The van der Waals surface area contributed by atoms with Crippen molar-refractivity contribution in [3.63, 3.8) is 0 Å².